The molecule has 176 valence electrons. The van der Waals surface area contributed by atoms with Crippen molar-refractivity contribution in [1.29, 1.82) is 0 Å². The van der Waals surface area contributed by atoms with Crippen LogP contribution in [0.15, 0.2) is 72.4 Å². The van der Waals surface area contributed by atoms with Crippen molar-refractivity contribution in [2.45, 2.75) is 20.3 Å². The number of carbonyl (C=O) groups excluding carboxylic acids is 2. The SMILES string of the molecule is COCCCN1C(=O)C(Nc2cccc3ccccc23)=C(c2ccc(OCC(C)C)cc2)C1=O. The Hall–Kier alpha value is -3.64. The lowest BCUT2D eigenvalue weighted by Gasteiger charge is -2.15. The van der Waals surface area contributed by atoms with Crippen LogP contribution in [0.1, 0.15) is 25.8 Å². The number of benzene rings is 3. The fourth-order valence-electron chi connectivity index (χ4n) is 3.98. The van der Waals surface area contributed by atoms with E-state index < -0.39 is 0 Å². The minimum absolute atomic E-state index is 0.287. The predicted molar refractivity (Wildman–Crippen MR) is 134 cm³/mol. The van der Waals surface area contributed by atoms with Crippen molar-refractivity contribution in [3.05, 3.63) is 78.0 Å². The lowest BCUT2D eigenvalue weighted by molar-refractivity contribution is -0.136. The highest BCUT2D eigenvalue weighted by Crippen LogP contribution is 2.33. The fourth-order valence-corrected chi connectivity index (χ4v) is 3.98. The molecule has 0 atom stereocenters. The van der Waals surface area contributed by atoms with Crippen molar-refractivity contribution in [2.75, 3.05) is 32.2 Å². The van der Waals surface area contributed by atoms with E-state index in [4.69, 9.17) is 9.47 Å². The number of amides is 2. The van der Waals surface area contributed by atoms with Gasteiger partial charge in [-0.3, -0.25) is 14.5 Å². The summed E-state index contributed by atoms with van der Waals surface area (Å²) in [6.45, 7) is 5.56. The summed E-state index contributed by atoms with van der Waals surface area (Å²) in [5.41, 5.74) is 2.11. The largest absolute Gasteiger partial charge is 0.493 e. The van der Waals surface area contributed by atoms with Crippen LogP contribution in [0.5, 0.6) is 5.75 Å². The van der Waals surface area contributed by atoms with Crippen LogP contribution in [0.3, 0.4) is 0 Å². The minimum atomic E-state index is -0.329. The first-order valence-corrected chi connectivity index (χ1v) is 11.6. The summed E-state index contributed by atoms with van der Waals surface area (Å²) in [6, 6.07) is 21.2. The molecule has 0 saturated carbocycles. The van der Waals surface area contributed by atoms with Gasteiger partial charge in [0.1, 0.15) is 11.4 Å². The quantitative estimate of drug-likeness (QED) is 0.338. The second-order valence-corrected chi connectivity index (χ2v) is 8.74. The maximum atomic E-state index is 13.4. The summed E-state index contributed by atoms with van der Waals surface area (Å²) >= 11 is 0. The van der Waals surface area contributed by atoms with Crippen molar-refractivity contribution < 1.29 is 19.1 Å². The molecule has 0 radical (unpaired) electrons. The van der Waals surface area contributed by atoms with Crippen LogP contribution in [0.2, 0.25) is 0 Å². The van der Waals surface area contributed by atoms with Gasteiger partial charge in [0.25, 0.3) is 11.8 Å². The van der Waals surface area contributed by atoms with Gasteiger partial charge in [-0.25, -0.2) is 0 Å². The fraction of sp³-hybridized carbons (Fsp3) is 0.286. The van der Waals surface area contributed by atoms with Gasteiger partial charge in [-0.15, -0.1) is 0 Å². The van der Waals surface area contributed by atoms with Crippen LogP contribution >= 0.6 is 0 Å². The Morgan fingerprint density at radius 2 is 1.65 bits per heavy atom. The molecule has 1 N–H and O–H groups in total. The Bertz CT molecular complexity index is 1210. The number of hydrogen-bond donors (Lipinski definition) is 1. The number of hydrogen-bond acceptors (Lipinski definition) is 5. The number of imide groups is 1. The van der Waals surface area contributed by atoms with E-state index in [1.54, 1.807) is 7.11 Å². The molecule has 34 heavy (non-hydrogen) atoms. The van der Waals surface area contributed by atoms with Crippen molar-refractivity contribution in [1.82, 2.24) is 4.90 Å². The van der Waals surface area contributed by atoms with Gasteiger partial charge in [0, 0.05) is 31.3 Å². The van der Waals surface area contributed by atoms with Gasteiger partial charge in [-0.1, -0.05) is 62.4 Å². The zero-order valence-corrected chi connectivity index (χ0v) is 19.8. The number of anilines is 1. The third-order valence-corrected chi connectivity index (χ3v) is 5.67. The van der Waals surface area contributed by atoms with Crippen molar-refractivity contribution in [3.8, 4) is 5.75 Å². The maximum Gasteiger partial charge on any atom is 0.278 e. The molecule has 1 aliphatic rings. The Morgan fingerprint density at radius 1 is 0.912 bits per heavy atom. The third-order valence-electron chi connectivity index (χ3n) is 5.67. The minimum Gasteiger partial charge on any atom is -0.493 e. The summed E-state index contributed by atoms with van der Waals surface area (Å²) in [5, 5.41) is 5.32. The molecule has 0 saturated heterocycles. The number of nitrogens with zero attached hydrogens (tertiary/aromatic N) is 1. The Kier molecular flexibility index (Phi) is 7.28. The second-order valence-electron chi connectivity index (χ2n) is 8.74. The molecule has 1 aliphatic heterocycles. The molecule has 0 aliphatic carbocycles. The summed E-state index contributed by atoms with van der Waals surface area (Å²) in [5.74, 6) is 0.507. The first kappa shape index (κ1) is 23.5. The molecule has 3 aromatic rings. The Balaban J connectivity index is 1.71. The van der Waals surface area contributed by atoms with E-state index in [1.165, 1.54) is 4.90 Å². The Morgan fingerprint density at radius 3 is 2.38 bits per heavy atom. The molecule has 0 unspecified atom stereocenters. The molecule has 0 spiro atoms. The average Bonchev–Trinajstić information content (AvgIpc) is 3.07. The van der Waals surface area contributed by atoms with Gasteiger partial charge < -0.3 is 14.8 Å². The van der Waals surface area contributed by atoms with Gasteiger partial charge in [-0.2, -0.15) is 0 Å². The number of fused-ring (bicyclic) bond motifs is 1. The van der Waals surface area contributed by atoms with Gasteiger partial charge in [-0.05, 0) is 41.5 Å². The molecule has 4 rings (SSSR count). The van der Waals surface area contributed by atoms with E-state index in [0.29, 0.717) is 43.2 Å². The molecular formula is C28H30N2O4. The van der Waals surface area contributed by atoms with Gasteiger partial charge >= 0.3 is 0 Å². The van der Waals surface area contributed by atoms with E-state index in [0.717, 1.165) is 22.2 Å². The van der Waals surface area contributed by atoms with Crippen molar-refractivity contribution in [2.24, 2.45) is 5.92 Å². The monoisotopic (exact) mass is 458 g/mol. The zero-order valence-electron chi connectivity index (χ0n) is 19.8. The molecular weight excluding hydrogens is 428 g/mol. The molecule has 6 heteroatoms. The normalized spacial score (nSPS) is 13.9. The third kappa shape index (κ3) is 4.97. The topological polar surface area (TPSA) is 67.9 Å². The summed E-state index contributed by atoms with van der Waals surface area (Å²) in [7, 11) is 1.60. The van der Waals surface area contributed by atoms with Crippen LogP contribution in [-0.2, 0) is 14.3 Å². The highest BCUT2D eigenvalue weighted by Gasteiger charge is 2.39. The number of nitrogens with one attached hydrogen (secondary N) is 1. The average molecular weight is 459 g/mol. The van der Waals surface area contributed by atoms with Crippen LogP contribution in [-0.4, -0.2) is 43.6 Å². The van der Waals surface area contributed by atoms with Crippen LogP contribution in [0.4, 0.5) is 5.69 Å². The van der Waals surface area contributed by atoms with E-state index in [2.05, 4.69) is 19.2 Å². The van der Waals surface area contributed by atoms with Gasteiger partial charge in [0.15, 0.2) is 0 Å². The zero-order chi connectivity index (χ0) is 24.1. The summed E-state index contributed by atoms with van der Waals surface area (Å²) in [6.07, 6.45) is 0.574. The highest BCUT2D eigenvalue weighted by atomic mass is 16.5. The van der Waals surface area contributed by atoms with Crippen molar-refractivity contribution >= 4 is 33.8 Å². The molecule has 0 bridgehead atoms. The number of methoxy groups -OCH3 is 1. The molecule has 3 aromatic carbocycles. The van der Waals surface area contributed by atoms with Crippen LogP contribution in [0, 0.1) is 5.92 Å². The lowest BCUT2D eigenvalue weighted by Crippen LogP contribution is -2.33. The summed E-state index contributed by atoms with van der Waals surface area (Å²) in [4.78, 5) is 28.1. The molecule has 2 amide bonds. The molecule has 0 aromatic heterocycles. The smallest absolute Gasteiger partial charge is 0.278 e. The highest BCUT2D eigenvalue weighted by molar-refractivity contribution is 6.36. The van der Waals surface area contributed by atoms with E-state index in [-0.39, 0.29) is 17.5 Å². The molecule has 1 heterocycles. The Labute approximate surface area is 200 Å². The van der Waals surface area contributed by atoms with E-state index in [9.17, 15) is 9.59 Å². The van der Waals surface area contributed by atoms with Crippen LogP contribution < -0.4 is 10.1 Å². The predicted octanol–water partition coefficient (Wildman–Crippen LogP) is 5.10. The van der Waals surface area contributed by atoms with E-state index >= 15 is 0 Å². The first-order chi connectivity index (χ1) is 16.5. The van der Waals surface area contributed by atoms with Crippen molar-refractivity contribution in [3.63, 3.8) is 0 Å². The first-order valence-electron chi connectivity index (χ1n) is 11.6. The maximum absolute atomic E-state index is 13.4. The number of rotatable bonds is 10. The standard InChI is InChI=1S/C28H30N2O4/c1-19(2)18-34-22-14-12-21(13-15-22)25-26(28(32)30(27(25)31)16-7-17-33-3)29-24-11-6-9-20-8-4-5-10-23(20)24/h4-6,8-15,19,29H,7,16-18H2,1-3H3. The molecule has 6 nitrogen and oxygen atoms in total. The van der Waals surface area contributed by atoms with Gasteiger partial charge in [0.05, 0.1) is 12.2 Å². The summed E-state index contributed by atoms with van der Waals surface area (Å²) < 4.78 is 10.9. The van der Waals surface area contributed by atoms with Crippen LogP contribution in [0.25, 0.3) is 16.3 Å². The lowest BCUT2D eigenvalue weighted by atomic mass is 10.0. The molecule has 0 fully saturated rings. The number of ether oxygens (including phenoxy) is 2. The number of carbonyl (C=O) groups is 2. The second kappa shape index (κ2) is 10.5. The van der Waals surface area contributed by atoms with Gasteiger partial charge in [0.2, 0.25) is 0 Å². The van der Waals surface area contributed by atoms with E-state index in [1.807, 2.05) is 66.7 Å².